The van der Waals surface area contributed by atoms with Gasteiger partial charge in [0.05, 0.1) is 43.7 Å². The van der Waals surface area contributed by atoms with Crippen LogP contribution in [0.2, 0.25) is 0 Å². The summed E-state index contributed by atoms with van der Waals surface area (Å²) in [5.41, 5.74) is 1.95. The summed E-state index contributed by atoms with van der Waals surface area (Å²) >= 11 is 0. The fourth-order valence-electron chi connectivity index (χ4n) is 2.86. The summed E-state index contributed by atoms with van der Waals surface area (Å²) in [6.45, 7) is 5.07. The van der Waals surface area contributed by atoms with Gasteiger partial charge in [-0.15, -0.1) is 0 Å². The van der Waals surface area contributed by atoms with E-state index < -0.39 is 0 Å². The molecule has 4 aromatic rings. The predicted octanol–water partition coefficient (Wildman–Crippen LogP) is 3.67. The molecule has 0 spiro atoms. The maximum absolute atomic E-state index is 5.50. The van der Waals surface area contributed by atoms with Gasteiger partial charge in [-0.2, -0.15) is 5.10 Å². The first-order valence-corrected chi connectivity index (χ1v) is 8.34. The summed E-state index contributed by atoms with van der Waals surface area (Å²) in [7, 11) is 0. The van der Waals surface area contributed by atoms with Gasteiger partial charge in [-0.3, -0.25) is 4.98 Å². The van der Waals surface area contributed by atoms with Crippen LogP contribution < -0.4 is 4.90 Å². The molecule has 26 heavy (non-hydrogen) atoms. The molecule has 0 saturated heterocycles. The summed E-state index contributed by atoms with van der Waals surface area (Å²) in [5, 5.41) is 4.49. The third kappa shape index (κ3) is 3.37. The Labute approximate surface area is 150 Å². The molecule has 0 aliphatic rings. The van der Waals surface area contributed by atoms with Crippen LogP contribution in [0, 0.1) is 13.8 Å². The van der Waals surface area contributed by atoms with E-state index in [2.05, 4.69) is 15.0 Å². The average molecular weight is 349 g/mol. The van der Waals surface area contributed by atoms with Crippen LogP contribution in [0.5, 0.6) is 0 Å². The highest BCUT2D eigenvalue weighted by Crippen LogP contribution is 2.20. The number of aryl methyl sites for hydroxylation is 2. The highest BCUT2D eigenvalue weighted by atomic mass is 16.3. The molecule has 0 aliphatic heterocycles. The molecule has 4 aromatic heterocycles. The Morgan fingerprint density at radius 2 is 1.69 bits per heavy atom. The van der Waals surface area contributed by atoms with Gasteiger partial charge < -0.3 is 13.7 Å². The number of hydrogen-bond acceptors (Lipinski definition) is 6. The van der Waals surface area contributed by atoms with Crippen molar-refractivity contribution in [3.63, 3.8) is 0 Å². The second-order valence-corrected chi connectivity index (χ2v) is 6.09. The molecule has 0 fully saturated rings. The van der Waals surface area contributed by atoms with E-state index in [1.807, 2.05) is 44.2 Å². The van der Waals surface area contributed by atoms with E-state index >= 15 is 0 Å². The molecule has 4 heterocycles. The van der Waals surface area contributed by atoms with Crippen molar-refractivity contribution < 1.29 is 8.83 Å². The standard InChI is InChI=1S/C19H19N5O2/c1-14-9-15(2)24(22-14)19-11-20-10-18(21-19)23(12-16-5-3-7-25-16)13-17-6-4-8-26-17/h3-11H,12-13H2,1-2H3. The molecule has 132 valence electrons. The van der Waals surface area contributed by atoms with Crippen molar-refractivity contribution in [1.29, 1.82) is 0 Å². The summed E-state index contributed by atoms with van der Waals surface area (Å²) in [6.07, 6.45) is 6.78. The van der Waals surface area contributed by atoms with Crippen molar-refractivity contribution >= 4 is 5.82 Å². The Bertz CT molecular complexity index is 937. The van der Waals surface area contributed by atoms with Gasteiger partial charge in [0.15, 0.2) is 5.82 Å². The molecular weight excluding hydrogens is 330 g/mol. The Kier molecular flexibility index (Phi) is 4.27. The Balaban J connectivity index is 1.68. The van der Waals surface area contributed by atoms with Crippen LogP contribution in [-0.4, -0.2) is 19.7 Å². The lowest BCUT2D eigenvalue weighted by Crippen LogP contribution is -2.23. The van der Waals surface area contributed by atoms with E-state index in [1.54, 1.807) is 29.6 Å². The van der Waals surface area contributed by atoms with E-state index in [1.165, 1.54) is 0 Å². The lowest BCUT2D eigenvalue weighted by Gasteiger charge is -2.21. The zero-order valence-electron chi connectivity index (χ0n) is 14.7. The summed E-state index contributed by atoms with van der Waals surface area (Å²) in [5.74, 6) is 3.09. The van der Waals surface area contributed by atoms with Crippen molar-refractivity contribution in [2.24, 2.45) is 0 Å². The van der Waals surface area contributed by atoms with Crippen LogP contribution in [0.3, 0.4) is 0 Å². The van der Waals surface area contributed by atoms with Crippen LogP contribution in [0.25, 0.3) is 5.82 Å². The van der Waals surface area contributed by atoms with Crippen LogP contribution in [-0.2, 0) is 13.1 Å². The normalized spacial score (nSPS) is 11.0. The van der Waals surface area contributed by atoms with Gasteiger partial charge in [0, 0.05) is 5.69 Å². The molecule has 0 atom stereocenters. The van der Waals surface area contributed by atoms with Crippen LogP contribution >= 0.6 is 0 Å². The van der Waals surface area contributed by atoms with Crippen molar-refractivity contribution in [3.05, 3.63) is 78.2 Å². The average Bonchev–Trinajstić information content (AvgIpc) is 3.38. The Hall–Kier alpha value is -3.35. The molecule has 4 rings (SSSR count). The molecule has 0 N–H and O–H groups in total. The zero-order chi connectivity index (χ0) is 17.9. The van der Waals surface area contributed by atoms with E-state index in [0.29, 0.717) is 18.9 Å². The van der Waals surface area contributed by atoms with Gasteiger partial charge in [-0.25, -0.2) is 9.67 Å². The maximum atomic E-state index is 5.50. The van der Waals surface area contributed by atoms with E-state index in [-0.39, 0.29) is 0 Å². The van der Waals surface area contributed by atoms with E-state index in [4.69, 9.17) is 13.8 Å². The summed E-state index contributed by atoms with van der Waals surface area (Å²) in [4.78, 5) is 11.2. The zero-order valence-corrected chi connectivity index (χ0v) is 14.7. The van der Waals surface area contributed by atoms with Crippen molar-refractivity contribution in [3.8, 4) is 5.82 Å². The number of nitrogens with zero attached hydrogens (tertiary/aromatic N) is 5. The molecule has 7 heteroatoms. The third-order valence-corrected chi connectivity index (χ3v) is 4.01. The molecule has 0 radical (unpaired) electrons. The fraction of sp³-hybridized carbons (Fsp3) is 0.211. The first-order chi connectivity index (χ1) is 12.7. The topological polar surface area (TPSA) is 73.1 Å². The number of aromatic nitrogens is 4. The van der Waals surface area contributed by atoms with Gasteiger partial charge >= 0.3 is 0 Å². The smallest absolute Gasteiger partial charge is 0.174 e. The van der Waals surface area contributed by atoms with Crippen LogP contribution in [0.4, 0.5) is 5.82 Å². The number of hydrogen-bond donors (Lipinski definition) is 0. The monoisotopic (exact) mass is 349 g/mol. The Morgan fingerprint density at radius 1 is 1.00 bits per heavy atom. The van der Waals surface area contributed by atoms with Gasteiger partial charge in [0.2, 0.25) is 0 Å². The summed E-state index contributed by atoms with van der Waals surface area (Å²) < 4.78 is 12.8. The highest BCUT2D eigenvalue weighted by Gasteiger charge is 2.15. The lowest BCUT2D eigenvalue weighted by molar-refractivity contribution is 0.475. The minimum Gasteiger partial charge on any atom is -0.467 e. The lowest BCUT2D eigenvalue weighted by atomic mass is 10.3. The van der Waals surface area contributed by atoms with Gasteiger partial charge in [0.1, 0.15) is 17.3 Å². The Morgan fingerprint density at radius 3 is 2.23 bits per heavy atom. The quantitative estimate of drug-likeness (QED) is 0.529. The first kappa shape index (κ1) is 16.1. The fourth-order valence-corrected chi connectivity index (χ4v) is 2.86. The second kappa shape index (κ2) is 6.87. The molecule has 7 nitrogen and oxygen atoms in total. The molecule has 0 bridgehead atoms. The number of furan rings is 2. The minimum absolute atomic E-state index is 0.558. The molecule has 0 amide bonds. The molecule has 0 aromatic carbocycles. The first-order valence-electron chi connectivity index (χ1n) is 8.34. The predicted molar refractivity (Wildman–Crippen MR) is 95.9 cm³/mol. The largest absolute Gasteiger partial charge is 0.467 e. The molecular formula is C19H19N5O2. The second-order valence-electron chi connectivity index (χ2n) is 6.09. The van der Waals surface area contributed by atoms with Crippen LogP contribution in [0.1, 0.15) is 22.9 Å². The highest BCUT2D eigenvalue weighted by molar-refractivity contribution is 5.40. The maximum Gasteiger partial charge on any atom is 0.174 e. The number of rotatable bonds is 6. The third-order valence-electron chi connectivity index (χ3n) is 4.01. The van der Waals surface area contributed by atoms with E-state index in [0.717, 1.165) is 28.7 Å². The van der Waals surface area contributed by atoms with Gasteiger partial charge in [0.25, 0.3) is 0 Å². The van der Waals surface area contributed by atoms with Crippen molar-refractivity contribution in [1.82, 2.24) is 19.7 Å². The molecule has 0 saturated carbocycles. The molecule has 0 unspecified atom stereocenters. The SMILES string of the molecule is Cc1cc(C)n(-c2cncc(N(Cc3ccco3)Cc3ccco3)n2)n1. The van der Waals surface area contributed by atoms with Crippen molar-refractivity contribution in [2.45, 2.75) is 26.9 Å². The van der Waals surface area contributed by atoms with Crippen LogP contribution in [0.15, 0.2) is 64.1 Å². The van der Waals surface area contributed by atoms with Gasteiger partial charge in [-0.05, 0) is 44.2 Å². The summed E-state index contributed by atoms with van der Waals surface area (Å²) in [6, 6.07) is 9.63. The number of anilines is 1. The molecule has 0 aliphatic carbocycles. The minimum atomic E-state index is 0.558. The van der Waals surface area contributed by atoms with E-state index in [9.17, 15) is 0 Å². The van der Waals surface area contributed by atoms with Crippen molar-refractivity contribution in [2.75, 3.05) is 4.90 Å². The van der Waals surface area contributed by atoms with Gasteiger partial charge in [-0.1, -0.05) is 0 Å².